The van der Waals surface area contributed by atoms with E-state index in [9.17, 15) is 17.6 Å². The molecule has 2 heterocycles. The van der Waals surface area contributed by atoms with Gasteiger partial charge in [-0.1, -0.05) is 59.8 Å². The summed E-state index contributed by atoms with van der Waals surface area (Å²) in [5.41, 5.74) is 4.57. The summed E-state index contributed by atoms with van der Waals surface area (Å²) in [6.45, 7) is 3.85. The minimum absolute atomic E-state index is 0.00346. The van der Waals surface area contributed by atoms with Crippen LogP contribution in [0.25, 0.3) is 11.3 Å². The molecule has 0 aliphatic carbocycles. The van der Waals surface area contributed by atoms with Gasteiger partial charge in [0.1, 0.15) is 10.7 Å². The number of thioether (sulfide) groups is 1. The highest BCUT2D eigenvalue weighted by atomic mass is 32.2. The van der Waals surface area contributed by atoms with Crippen molar-refractivity contribution < 1.29 is 17.6 Å². The molecule has 5 rings (SSSR count). The quantitative estimate of drug-likeness (QED) is 0.265. The lowest BCUT2D eigenvalue weighted by Gasteiger charge is -2.31. The van der Waals surface area contributed by atoms with Gasteiger partial charge in [0.05, 0.1) is 29.9 Å². The Morgan fingerprint density at radius 2 is 1.86 bits per heavy atom. The maximum Gasteiger partial charge on any atom is 0.268 e. The van der Waals surface area contributed by atoms with Crippen LogP contribution in [0.2, 0.25) is 0 Å². The zero-order valence-electron chi connectivity index (χ0n) is 20.1. The standard InChI is InChI=1S/C27H23FN4O3S2/c1-17-6-5-7-19(12-17)15-32-23-9-4-3-8-21(23)26-24(37(32,34)35)14-29-27(31-26)36-16-25(33)30-22-11-10-20(28)13-18(22)2/h3-14H,15-16H2,1-2H3,(H,30,33). The lowest BCUT2D eigenvalue weighted by atomic mass is 10.1. The van der Waals surface area contributed by atoms with Gasteiger partial charge in [0, 0.05) is 11.3 Å². The number of nitrogens with one attached hydrogen (secondary N) is 1. The molecule has 0 spiro atoms. The first-order valence-corrected chi connectivity index (χ1v) is 13.9. The number of anilines is 2. The fourth-order valence-electron chi connectivity index (χ4n) is 4.18. The predicted octanol–water partition coefficient (Wildman–Crippen LogP) is 5.34. The third-order valence-corrected chi connectivity index (χ3v) is 8.55. The first kappa shape index (κ1) is 24.9. The summed E-state index contributed by atoms with van der Waals surface area (Å²) in [7, 11) is -3.92. The fraction of sp³-hybridized carbons (Fsp3) is 0.148. The maximum atomic E-state index is 13.6. The second-order valence-electron chi connectivity index (χ2n) is 8.68. The first-order chi connectivity index (χ1) is 17.7. The SMILES string of the molecule is Cc1cccc(CN2c3ccccc3-c3nc(SCC(=O)Nc4ccc(F)cc4C)ncc3S2(=O)=O)c1. The Morgan fingerprint density at radius 1 is 1.05 bits per heavy atom. The largest absolute Gasteiger partial charge is 0.325 e. The number of fused-ring (bicyclic) bond motifs is 3. The highest BCUT2D eigenvalue weighted by molar-refractivity contribution is 7.99. The summed E-state index contributed by atoms with van der Waals surface area (Å²) < 4.78 is 42.0. The Hall–Kier alpha value is -3.76. The van der Waals surface area contributed by atoms with Crippen molar-refractivity contribution in [3.63, 3.8) is 0 Å². The number of rotatable bonds is 6. The van der Waals surface area contributed by atoms with Gasteiger partial charge in [-0.3, -0.25) is 9.10 Å². The van der Waals surface area contributed by atoms with Crippen LogP contribution in [-0.4, -0.2) is 30.0 Å². The molecule has 10 heteroatoms. The number of carbonyl (C=O) groups excluding carboxylic acids is 1. The number of amides is 1. The summed E-state index contributed by atoms with van der Waals surface area (Å²) in [5.74, 6) is -0.679. The van der Waals surface area contributed by atoms with E-state index in [-0.39, 0.29) is 34.1 Å². The van der Waals surface area contributed by atoms with E-state index in [0.717, 1.165) is 22.9 Å². The average molecular weight is 535 g/mol. The Bertz CT molecular complexity index is 1630. The maximum absolute atomic E-state index is 13.6. The number of hydrogen-bond donors (Lipinski definition) is 1. The van der Waals surface area contributed by atoms with Crippen molar-refractivity contribution in [2.24, 2.45) is 0 Å². The Balaban J connectivity index is 1.40. The molecule has 0 unspecified atom stereocenters. The molecule has 188 valence electrons. The smallest absolute Gasteiger partial charge is 0.268 e. The van der Waals surface area contributed by atoms with E-state index in [1.807, 2.05) is 43.3 Å². The van der Waals surface area contributed by atoms with Crippen LogP contribution in [0.3, 0.4) is 0 Å². The number of nitrogens with zero attached hydrogens (tertiary/aromatic N) is 3. The Morgan fingerprint density at radius 3 is 2.65 bits per heavy atom. The second kappa shape index (κ2) is 9.95. The summed E-state index contributed by atoms with van der Waals surface area (Å²) in [6, 6.07) is 19.1. The van der Waals surface area contributed by atoms with Crippen LogP contribution in [0.1, 0.15) is 16.7 Å². The van der Waals surface area contributed by atoms with Gasteiger partial charge in [-0.05, 0) is 49.2 Å². The summed E-state index contributed by atoms with van der Waals surface area (Å²) in [4.78, 5) is 21.3. The molecular weight excluding hydrogens is 511 g/mol. The molecule has 1 amide bonds. The number of sulfonamides is 1. The van der Waals surface area contributed by atoms with Gasteiger partial charge in [-0.2, -0.15) is 0 Å². The molecule has 37 heavy (non-hydrogen) atoms. The van der Waals surface area contributed by atoms with E-state index in [1.165, 1.54) is 28.7 Å². The molecule has 0 saturated carbocycles. The van der Waals surface area contributed by atoms with Gasteiger partial charge < -0.3 is 5.32 Å². The van der Waals surface area contributed by atoms with Gasteiger partial charge in [0.2, 0.25) is 5.91 Å². The van der Waals surface area contributed by atoms with Gasteiger partial charge >= 0.3 is 0 Å². The van der Waals surface area contributed by atoms with Gasteiger partial charge in [0.25, 0.3) is 10.0 Å². The molecule has 0 atom stereocenters. The minimum Gasteiger partial charge on any atom is -0.325 e. The van der Waals surface area contributed by atoms with Crippen molar-refractivity contribution in [1.82, 2.24) is 9.97 Å². The molecule has 7 nitrogen and oxygen atoms in total. The predicted molar refractivity (Wildman–Crippen MR) is 143 cm³/mol. The van der Waals surface area contributed by atoms with Crippen LogP contribution >= 0.6 is 11.8 Å². The van der Waals surface area contributed by atoms with Crippen molar-refractivity contribution in [1.29, 1.82) is 0 Å². The molecule has 0 fully saturated rings. The van der Waals surface area contributed by atoms with Crippen LogP contribution in [0.5, 0.6) is 0 Å². The minimum atomic E-state index is -3.92. The van der Waals surface area contributed by atoms with E-state index in [2.05, 4.69) is 15.3 Å². The summed E-state index contributed by atoms with van der Waals surface area (Å²) >= 11 is 1.09. The van der Waals surface area contributed by atoms with Crippen molar-refractivity contribution >= 4 is 39.1 Å². The zero-order valence-corrected chi connectivity index (χ0v) is 21.7. The van der Waals surface area contributed by atoms with E-state index in [0.29, 0.717) is 28.2 Å². The monoisotopic (exact) mass is 534 g/mol. The highest BCUT2D eigenvalue weighted by Crippen LogP contribution is 2.42. The van der Waals surface area contributed by atoms with E-state index < -0.39 is 10.0 Å². The van der Waals surface area contributed by atoms with Crippen molar-refractivity contribution in [3.05, 3.63) is 95.4 Å². The molecule has 1 aromatic heterocycles. The van der Waals surface area contributed by atoms with Crippen LogP contribution < -0.4 is 9.62 Å². The molecule has 1 N–H and O–H groups in total. The molecule has 0 bridgehead atoms. The number of aromatic nitrogens is 2. The number of para-hydroxylation sites is 1. The molecule has 4 aromatic rings. The summed E-state index contributed by atoms with van der Waals surface area (Å²) in [5, 5.41) is 3.03. The number of aryl methyl sites for hydroxylation is 2. The third kappa shape index (κ3) is 5.07. The van der Waals surface area contributed by atoms with Crippen LogP contribution in [-0.2, 0) is 21.4 Å². The molecule has 1 aliphatic rings. The fourth-order valence-corrected chi connectivity index (χ4v) is 6.35. The van der Waals surface area contributed by atoms with Crippen LogP contribution in [0.4, 0.5) is 15.8 Å². The highest BCUT2D eigenvalue weighted by Gasteiger charge is 2.36. The lowest BCUT2D eigenvalue weighted by Crippen LogP contribution is -2.34. The second-order valence-corrected chi connectivity index (χ2v) is 11.5. The summed E-state index contributed by atoms with van der Waals surface area (Å²) in [6.07, 6.45) is 1.31. The third-order valence-electron chi connectivity index (χ3n) is 5.93. The molecule has 0 radical (unpaired) electrons. The lowest BCUT2D eigenvalue weighted by molar-refractivity contribution is -0.113. The van der Waals surface area contributed by atoms with Crippen LogP contribution in [0.15, 0.2) is 83.0 Å². The molecule has 3 aromatic carbocycles. The Kier molecular flexibility index (Phi) is 6.70. The van der Waals surface area contributed by atoms with Crippen molar-refractivity contribution in [3.8, 4) is 11.3 Å². The van der Waals surface area contributed by atoms with Crippen molar-refractivity contribution in [2.45, 2.75) is 30.4 Å². The van der Waals surface area contributed by atoms with Crippen LogP contribution in [0, 0.1) is 19.7 Å². The van der Waals surface area contributed by atoms with Gasteiger partial charge in [-0.15, -0.1) is 0 Å². The number of carbonyl (C=O) groups is 1. The first-order valence-electron chi connectivity index (χ1n) is 11.5. The van der Waals surface area contributed by atoms with Gasteiger partial charge in [0.15, 0.2) is 5.16 Å². The van der Waals surface area contributed by atoms with Gasteiger partial charge in [-0.25, -0.2) is 22.8 Å². The molecular formula is C27H23FN4O3S2. The molecule has 1 aliphatic heterocycles. The van der Waals surface area contributed by atoms with E-state index in [4.69, 9.17) is 0 Å². The number of benzene rings is 3. The van der Waals surface area contributed by atoms with E-state index >= 15 is 0 Å². The normalized spacial score (nSPS) is 13.5. The zero-order chi connectivity index (χ0) is 26.2. The average Bonchev–Trinajstić information content (AvgIpc) is 2.87. The number of halogens is 1. The van der Waals surface area contributed by atoms with E-state index in [1.54, 1.807) is 19.1 Å². The topological polar surface area (TPSA) is 92.3 Å². The Labute approximate surface area is 218 Å². The number of hydrogen-bond acceptors (Lipinski definition) is 6. The molecule has 0 saturated heterocycles. The van der Waals surface area contributed by atoms with Crippen molar-refractivity contribution in [2.75, 3.05) is 15.4 Å².